The van der Waals surface area contributed by atoms with E-state index in [1.54, 1.807) is 18.2 Å². The summed E-state index contributed by atoms with van der Waals surface area (Å²) in [5.41, 5.74) is 2.64. The second-order valence-corrected chi connectivity index (χ2v) is 5.08. The molecule has 1 heterocycles. The number of aromatic nitrogens is 2. The van der Waals surface area contributed by atoms with E-state index in [1.807, 2.05) is 20.8 Å². The molecule has 1 aromatic heterocycles. The molecule has 0 aliphatic heterocycles. The molecule has 100 valence electrons. The highest BCUT2D eigenvalue weighted by molar-refractivity contribution is 9.10. The second kappa shape index (κ2) is 5.65. The molecule has 0 bridgehead atoms. The van der Waals surface area contributed by atoms with Crippen molar-refractivity contribution in [3.8, 4) is 11.3 Å². The van der Waals surface area contributed by atoms with Crippen LogP contribution < -0.4 is 5.32 Å². The van der Waals surface area contributed by atoms with E-state index in [2.05, 4.69) is 31.2 Å². The summed E-state index contributed by atoms with van der Waals surface area (Å²) in [4.78, 5) is 8.93. The normalized spacial score (nSPS) is 10.6. The summed E-state index contributed by atoms with van der Waals surface area (Å²) in [7, 11) is 0. The summed E-state index contributed by atoms with van der Waals surface area (Å²) in [5.74, 6) is 0.293. The zero-order valence-electron chi connectivity index (χ0n) is 11.1. The van der Waals surface area contributed by atoms with Crippen molar-refractivity contribution in [1.29, 1.82) is 0 Å². The predicted octanol–water partition coefficient (Wildman–Crippen LogP) is 4.09. The first kappa shape index (κ1) is 13.9. The van der Waals surface area contributed by atoms with Crippen LogP contribution in [0.15, 0.2) is 22.7 Å². The van der Waals surface area contributed by atoms with Gasteiger partial charge in [0.2, 0.25) is 0 Å². The fourth-order valence-electron chi connectivity index (χ4n) is 1.77. The largest absolute Gasteiger partial charge is 0.369 e. The summed E-state index contributed by atoms with van der Waals surface area (Å²) in [6, 6.07) is 5.16. The third-order valence-corrected chi connectivity index (χ3v) is 3.47. The molecule has 0 aliphatic carbocycles. The lowest BCUT2D eigenvalue weighted by Crippen LogP contribution is -2.07. The van der Waals surface area contributed by atoms with Gasteiger partial charge in [0.25, 0.3) is 0 Å². The molecule has 0 atom stereocenters. The summed E-state index contributed by atoms with van der Waals surface area (Å²) >= 11 is 3.20. The zero-order chi connectivity index (χ0) is 14.0. The van der Waals surface area contributed by atoms with Gasteiger partial charge >= 0.3 is 0 Å². The van der Waals surface area contributed by atoms with Crippen LogP contribution in [0.1, 0.15) is 18.3 Å². The second-order valence-electron chi connectivity index (χ2n) is 4.22. The van der Waals surface area contributed by atoms with Crippen molar-refractivity contribution in [3.63, 3.8) is 0 Å². The van der Waals surface area contributed by atoms with Crippen molar-refractivity contribution < 1.29 is 4.39 Å². The lowest BCUT2D eigenvalue weighted by molar-refractivity contribution is 0.624. The lowest BCUT2D eigenvalue weighted by atomic mass is 10.1. The topological polar surface area (TPSA) is 37.8 Å². The zero-order valence-corrected chi connectivity index (χ0v) is 12.7. The van der Waals surface area contributed by atoms with Gasteiger partial charge in [-0.25, -0.2) is 14.4 Å². The van der Waals surface area contributed by atoms with Gasteiger partial charge in [-0.05, 0) is 48.8 Å². The minimum Gasteiger partial charge on any atom is -0.369 e. The quantitative estimate of drug-likeness (QED) is 0.924. The first-order valence-electron chi connectivity index (χ1n) is 6.08. The molecule has 2 aromatic rings. The Labute approximate surface area is 120 Å². The van der Waals surface area contributed by atoms with Gasteiger partial charge < -0.3 is 5.32 Å². The highest BCUT2D eigenvalue weighted by Crippen LogP contribution is 2.31. The van der Waals surface area contributed by atoms with Crippen molar-refractivity contribution in [3.05, 3.63) is 39.9 Å². The molecule has 2 rings (SSSR count). The van der Waals surface area contributed by atoms with Crippen LogP contribution in [-0.4, -0.2) is 16.5 Å². The molecule has 0 spiro atoms. The summed E-state index contributed by atoms with van der Waals surface area (Å²) in [6.45, 7) is 6.44. The van der Waals surface area contributed by atoms with Crippen LogP contribution in [0.3, 0.4) is 0 Å². The van der Waals surface area contributed by atoms with Gasteiger partial charge in [0.1, 0.15) is 11.5 Å². The van der Waals surface area contributed by atoms with E-state index in [1.165, 1.54) is 0 Å². The van der Waals surface area contributed by atoms with Gasteiger partial charge in [-0.15, -0.1) is 0 Å². The van der Waals surface area contributed by atoms with Gasteiger partial charge in [0.05, 0.1) is 15.9 Å². The summed E-state index contributed by atoms with van der Waals surface area (Å²) < 4.78 is 14.6. The van der Waals surface area contributed by atoms with E-state index >= 15 is 0 Å². The lowest BCUT2D eigenvalue weighted by Gasteiger charge is -2.12. The van der Waals surface area contributed by atoms with Gasteiger partial charge in [0, 0.05) is 12.1 Å². The standard InChI is InChI=1S/C14H15BrFN3/c1-4-17-14-13(18-8(2)9(3)19-14)10-6-5-7-11(15)12(10)16/h5-7H,4H2,1-3H3,(H,17,19). The van der Waals surface area contributed by atoms with Crippen molar-refractivity contribution in [2.45, 2.75) is 20.8 Å². The Morgan fingerprint density at radius 2 is 1.89 bits per heavy atom. The van der Waals surface area contributed by atoms with Gasteiger partial charge in [-0.2, -0.15) is 0 Å². The first-order chi connectivity index (χ1) is 9.04. The van der Waals surface area contributed by atoms with Crippen molar-refractivity contribution >= 4 is 21.7 Å². The molecule has 0 radical (unpaired) electrons. The molecule has 0 fully saturated rings. The molecule has 0 aliphatic rings. The third-order valence-electron chi connectivity index (χ3n) is 2.86. The molecular formula is C14H15BrFN3. The van der Waals surface area contributed by atoms with Crippen LogP contribution in [-0.2, 0) is 0 Å². The van der Waals surface area contributed by atoms with Crippen LogP contribution in [0.25, 0.3) is 11.3 Å². The maximum Gasteiger partial charge on any atom is 0.153 e. The molecule has 3 nitrogen and oxygen atoms in total. The van der Waals surface area contributed by atoms with Crippen LogP contribution in [0.4, 0.5) is 10.2 Å². The van der Waals surface area contributed by atoms with Crippen LogP contribution in [0, 0.1) is 19.7 Å². The van der Waals surface area contributed by atoms with Crippen molar-refractivity contribution in [2.24, 2.45) is 0 Å². The van der Waals surface area contributed by atoms with E-state index < -0.39 is 0 Å². The summed E-state index contributed by atoms with van der Waals surface area (Å²) in [5, 5.41) is 3.13. The number of benzene rings is 1. The number of hydrogen-bond donors (Lipinski definition) is 1. The monoisotopic (exact) mass is 323 g/mol. The van der Waals surface area contributed by atoms with E-state index in [0.29, 0.717) is 28.1 Å². The van der Waals surface area contributed by atoms with Crippen LogP contribution >= 0.6 is 15.9 Å². The van der Waals surface area contributed by atoms with E-state index in [9.17, 15) is 4.39 Å². The maximum atomic E-state index is 14.2. The van der Waals surface area contributed by atoms with Gasteiger partial charge in [-0.1, -0.05) is 6.07 Å². The Balaban J connectivity index is 2.66. The molecule has 1 N–H and O–H groups in total. The fourth-order valence-corrected chi connectivity index (χ4v) is 2.13. The van der Waals surface area contributed by atoms with Gasteiger partial charge in [-0.3, -0.25) is 0 Å². The Morgan fingerprint density at radius 3 is 2.58 bits per heavy atom. The van der Waals surface area contributed by atoms with Gasteiger partial charge in [0.15, 0.2) is 5.82 Å². The van der Waals surface area contributed by atoms with Crippen LogP contribution in [0.5, 0.6) is 0 Å². The van der Waals surface area contributed by atoms with E-state index in [0.717, 1.165) is 11.4 Å². The minimum atomic E-state index is -0.320. The number of aryl methyl sites for hydroxylation is 2. The fraction of sp³-hybridized carbons (Fsp3) is 0.286. The molecule has 19 heavy (non-hydrogen) atoms. The first-order valence-corrected chi connectivity index (χ1v) is 6.87. The highest BCUT2D eigenvalue weighted by atomic mass is 79.9. The average Bonchev–Trinajstić information content (AvgIpc) is 2.37. The number of halogens is 2. The Hall–Kier alpha value is -1.49. The summed E-state index contributed by atoms with van der Waals surface area (Å²) in [6.07, 6.45) is 0. The molecule has 0 unspecified atom stereocenters. The Morgan fingerprint density at radius 1 is 1.21 bits per heavy atom. The molecule has 1 aromatic carbocycles. The highest BCUT2D eigenvalue weighted by Gasteiger charge is 2.15. The molecule has 5 heteroatoms. The molecule has 0 saturated heterocycles. The van der Waals surface area contributed by atoms with E-state index in [4.69, 9.17) is 0 Å². The number of rotatable bonds is 3. The van der Waals surface area contributed by atoms with Crippen LogP contribution in [0.2, 0.25) is 0 Å². The number of anilines is 1. The molecule has 0 saturated carbocycles. The maximum absolute atomic E-state index is 14.2. The number of nitrogens with zero attached hydrogens (tertiary/aromatic N) is 2. The number of nitrogens with one attached hydrogen (secondary N) is 1. The van der Waals surface area contributed by atoms with Crippen molar-refractivity contribution in [1.82, 2.24) is 9.97 Å². The Bertz CT molecular complexity index is 614. The molecular weight excluding hydrogens is 309 g/mol. The predicted molar refractivity (Wildman–Crippen MR) is 78.8 cm³/mol. The van der Waals surface area contributed by atoms with Crippen molar-refractivity contribution in [2.75, 3.05) is 11.9 Å². The third kappa shape index (κ3) is 2.76. The minimum absolute atomic E-state index is 0.320. The van der Waals surface area contributed by atoms with E-state index in [-0.39, 0.29) is 5.82 Å². The Kier molecular flexibility index (Phi) is 4.14. The number of hydrogen-bond acceptors (Lipinski definition) is 3. The molecule has 0 amide bonds. The average molecular weight is 324 g/mol. The SMILES string of the molecule is CCNc1nc(C)c(C)nc1-c1cccc(Br)c1F. The smallest absolute Gasteiger partial charge is 0.153 e.